The van der Waals surface area contributed by atoms with E-state index in [-0.39, 0.29) is 0 Å². The van der Waals surface area contributed by atoms with Gasteiger partial charge in [0.15, 0.2) is 0 Å². The lowest BCUT2D eigenvalue weighted by molar-refractivity contribution is 0.0534. The van der Waals surface area contributed by atoms with Crippen molar-refractivity contribution in [2.45, 2.75) is 18.9 Å². The third-order valence-electron chi connectivity index (χ3n) is 2.58. The summed E-state index contributed by atoms with van der Waals surface area (Å²) in [4.78, 5) is 4.24. The molecule has 70 valence electrons. The second kappa shape index (κ2) is 3.09. The molecule has 1 fully saturated rings. The van der Waals surface area contributed by atoms with Gasteiger partial charge in [-0.05, 0) is 31.5 Å². The third kappa shape index (κ3) is 1.45. The molecule has 0 spiro atoms. The topological polar surface area (TPSA) is 45.2 Å². The molecule has 1 atom stereocenters. The lowest BCUT2D eigenvalue weighted by atomic mass is 9.95. The van der Waals surface area contributed by atoms with E-state index < -0.39 is 5.60 Å². The van der Waals surface area contributed by atoms with Gasteiger partial charge in [-0.15, -0.1) is 0 Å². The minimum Gasteiger partial charge on any atom is -0.382 e. The second-order valence-electron chi connectivity index (χ2n) is 3.63. The van der Waals surface area contributed by atoms with Crippen LogP contribution in [0, 0.1) is 6.92 Å². The van der Waals surface area contributed by atoms with Gasteiger partial charge in [0.2, 0.25) is 0 Å². The summed E-state index contributed by atoms with van der Waals surface area (Å²) in [5.74, 6) is 0. The van der Waals surface area contributed by atoms with Gasteiger partial charge in [0.05, 0.1) is 5.69 Å². The van der Waals surface area contributed by atoms with Crippen LogP contribution in [0.3, 0.4) is 0 Å². The lowest BCUT2D eigenvalue weighted by Gasteiger charge is -2.22. The molecular formula is C10H14N2O. The van der Waals surface area contributed by atoms with Crippen molar-refractivity contribution in [1.29, 1.82) is 0 Å². The largest absolute Gasteiger partial charge is 0.382 e. The molecule has 0 saturated carbocycles. The average Bonchev–Trinajstić information content (AvgIpc) is 2.54. The third-order valence-corrected chi connectivity index (χ3v) is 2.58. The zero-order valence-electron chi connectivity index (χ0n) is 7.75. The number of rotatable bonds is 1. The minimum atomic E-state index is -0.745. The number of hydrogen-bond acceptors (Lipinski definition) is 3. The van der Waals surface area contributed by atoms with Crippen molar-refractivity contribution in [2.75, 3.05) is 13.1 Å². The molecule has 3 heteroatoms. The van der Waals surface area contributed by atoms with E-state index in [9.17, 15) is 5.11 Å². The van der Waals surface area contributed by atoms with Gasteiger partial charge in [-0.2, -0.15) is 0 Å². The summed E-state index contributed by atoms with van der Waals surface area (Å²) in [6, 6.07) is 3.88. The van der Waals surface area contributed by atoms with Gasteiger partial charge >= 0.3 is 0 Å². The Hall–Kier alpha value is -0.930. The number of β-amino-alcohol motifs (C(OH)–C–C–N with tert-alkyl or cyclic N) is 1. The highest BCUT2D eigenvalue weighted by Gasteiger charge is 2.35. The monoisotopic (exact) mass is 178 g/mol. The van der Waals surface area contributed by atoms with Gasteiger partial charge in [-0.3, -0.25) is 4.98 Å². The Labute approximate surface area is 77.8 Å². The average molecular weight is 178 g/mol. The van der Waals surface area contributed by atoms with Crippen LogP contribution in [0.25, 0.3) is 0 Å². The standard InChI is InChI=1S/C10H14N2O/c1-8-3-2-5-12-9(8)10(13)4-6-11-7-10/h2-3,5,11,13H,4,6-7H2,1H3. The summed E-state index contributed by atoms with van der Waals surface area (Å²) in [6.07, 6.45) is 2.49. The summed E-state index contributed by atoms with van der Waals surface area (Å²) < 4.78 is 0. The normalized spacial score (nSPS) is 27.8. The Balaban J connectivity index is 2.39. The SMILES string of the molecule is Cc1cccnc1C1(O)CCNC1. The quantitative estimate of drug-likeness (QED) is 0.661. The van der Waals surface area contributed by atoms with Crippen molar-refractivity contribution < 1.29 is 5.11 Å². The van der Waals surface area contributed by atoms with Crippen LogP contribution in [-0.4, -0.2) is 23.2 Å². The molecule has 0 bridgehead atoms. The molecule has 2 rings (SSSR count). The number of nitrogens with one attached hydrogen (secondary N) is 1. The maximum absolute atomic E-state index is 10.2. The van der Waals surface area contributed by atoms with Gasteiger partial charge in [0, 0.05) is 12.7 Å². The number of aromatic nitrogens is 1. The molecule has 2 heterocycles. The maximum atomic E-state index is 10.2. The fourth-order valence-electron chi connectivity index (χ4n) is 1.85. The predicted octanol–water partition coefficient (Wildman–Crippen LogP) is 0.571. The van der Waals surface area contributed by atoms with E-state index in [2.05, 4.69) is 10.3 Å². The van der Waals surface area contributed by atoms with Gasteiger partial charge in [0.1, 0.15) is 5.60 Å². The van der Waals surface area contributed by atoms with E-state index in [1.807, 2.05) is 19.1 Å². The van der Waals surface area contributed by atoms with Crippen LogP contribution in [0.1, 0.15) is 17.7 Å². The smallest absolute Gasteiger partial charge is 0.120 e. The Morgan fingerprint density at radius 2 is 2.46 bits per heavy atom. The molecule has 1 aromatic heterocycles. The van der Waals surface area contributed by atoms with Gasteiger partial charge in [-0.1, -0.05) is 6.07 Å². The molecule has 13 heavy (non-hydrogen) atoms. The van der Waals surface area contributed by atoms with Crippen molar-refractivity contribution in [3.8, 4) is 0 Å². The Morgan fingerprint density at radius 1 is 1.62 bits per heavy atom. The van der Waals surface area contributed by atoms with Crippen molar-refractivity contribution in [3.05, 3.63) is 29.6 Å². The van der Waals surface area contributed by atoms with E-state index in [0.29, 0.717) is 6.54 Å². The van der Waals surface area contributed by atoms with E-state index >= 15 is 0 Å². The van der Waals surface area contributed by atoms with Gasteiger partial charge in [0.25, 0.3) is 0 Å². The van der Waals surface area contributed by atoms with E-state index in [0.717, 1.165) is 24.2 Å². The maximum Gasteiger partial charge on any atom is 0.120 e. The Kier molecular flexibility index (Phi) is 2.06. The van der Waals surface area contributed by atoms with Crippen LogP contribution in [0.4, 0.5) is 0 Å². The first-order valence-corrected chi connectivity index (χ1v) is 4.57. The first-order valence-electron chi connectivity index (χ1n) is 4.57. The van der Waals surface area contributed by atoms with Gasteiger partial charge in [-0.25, -0.2) is 0 Å². The van der Waals surface area contributed by atoms with Crippen LogP contribution in [0.15, 0.2) is 18.3 Å². The second-order valence-corrected chi connectivity index (χ2v) is 3.63. The van der Waals surface area contributed by atoms with Crippen molar-refractivity contribution >= 4 is 0 Å². The van der Waals surface area contributed by atoms with Crippen molar-refractivity contribution in [1.82, 2.24) is 10.3 Å². The van der Waals surface area contributed by atoms with E-state index in [1.165, 1.54) is 0 Å². The zero-order chi connectivity index (χ0) is 9.31. The molecular weight excluding hydrogens is 164 g/mol. The predicted molar refractivity (Wildman–Crippen MR) is 50.4 cm³/mol. The molecule has 3 nitrogen and oxygen atoms in total. The van der Waals surface area contributed by atoms with Crippen LogP contribution < -0.4 is 5.32 Å². The summed E-state index contributed by atoms with van der Waals surface area (Å²) in [6.45, 7) is 3.47. The number of aliphatic hydroxyl groups is 1. The molecule has 1 unspecified atom stereocenters. The summed E-state index contributed by atoms with van der Waals surface area (Å²) in [5.41, 5.74) is 1.14. The zero-order valence-corrected chi connectivity index (χ0v) is 7.75. The highest BCUT2D eigenvalue weighted by atomic mass is 16.3. The molecule has 1 aromatic rings. The summed E-state index contributed by atoms with van der Waals surface area (Å²) in [7, 11) is 0. The summed E-state index contributed by atoms with van der Waals surface area (Å²) in [5, 5.41) is 13.4. The van der Waals surface area contributed by atoms with Crippen molar-refractivity contribution in [3.63, 3.8) is 0 Å². The van der Waals surface area contributed by atoms with Crippen LogP contribution >= 0.6 is 0 Å². The van der Waals surface area contributed by atoms with Crippen LogP contribution in [-0.2, 0) is 5.60 Å². The van der Waals surface area contributed by atoms with Crippen LogP contribution in [0.5, 0.6) is 0 Å². The van der Waals surface area contributed by atoms with Crippen LogP contribution in [0.2, 0.25) is 0 Å². The molecule has 0 amide bonds. The molecule has 1 aliphatic heterocycles. The lowest BCUT2D eigenvalue weighted by Crippen LogP contribution is -2.30. The molecule has 0 aromatic carbocycles. The highest BCUT2D eigenvalue weighted by Crippen LogP contribution is 2.27. The molecule has 1 saturated heterocycles. The molecule has 2 N–H and O–H groups in total. The first-order chi connectivity index (χ1) is 6.22. The molecule has 0 radical (unpaired) electrons. The Bertz CT molecular complexity index is 306. The highest BCUT2D eigenvalue weighted by molar-refractivity contribution is 5.25. The Morgan fingerprint density at radius 3 is 3.08 bits per heavy atom. The fraction of sp³-hybridized carbons (Fsp3) is 0.500. The number of pyridine rings is 1. The number of aryl methyl sites for hydroxylation is 1. The number of nitrogens with zero attached hydrogens (tertiary/aromatic N) is 1. The molecule has 0 aliphatic carbocycles. The van der Waals surface area contributed by atoms with Crippen molar-refractivity contribution in [2.24, 2.45) is 0 Å². The fourth-order valence-corrected chi connectivity index (χ4v) is 1.85. The van der Waals surface area contributed by atoms with E-state index in [4.69, 9.17) is 0 Å². The molecule has 1 aliphatic rings. The first kappa shape index (κ1) is 8.66. The van der Waals surface area contributed by atoms with Gasteiger partial charge < -0.3 is 10.4 Å². The number of hydrogen-bond donors (Lipinski definition) is 2. The minimum absolute atomic E-state index is 0.616. The van der Waals surface area contributed by atoms with E-state index in [1.54, 1.807) is 6.20 Å². The summed E-state index contributed by atoms with van der Waals surface area (Å²) >= 11 is 0.